The van der Waals surface area contributed by atoms with Gasteiger partial charge in [0, 0.05) is 56.4 Å². The number of amides is 3. The number of nitrogens with one attached hydrogen (secondary N) is 2. The van der Waals surface area contributed by atoms with Crippen LogP contribution < -0.4 is 20.1 Å². The number of piperazine rings is 1. The molecule has 2 aromatic heterocycles. The van der Waals surface area contributed by atoms with Gasteiger partial charge in [-0.25, -0.2) is 33.1 Å². The van der Waals surface area contributed by atoms with Crippen LogP contribution in [0.4, 0.5) is 23.2 Å². The Labute approximate surface area is 327 Å². The third kappa shape index (κ3) is 14.6. The summed E-state index contributed by atoms with van der Waals surface area (Å²) in [6.45, 7) is 14.5. The molecule has 1 unspecified atom stereocenters. The Bertz CT molecular complexity index is 1780. The number of ether oxygens (including phenoxy) is 5. The van der Waals surface area contributed by atoms with Crippen LogP contribution in [0.15, 0.2) is 60.6 Å². The van der Waals surface area contributed by atoms with Gasteiger partial charge in [-0.15, -0.1) is 0 Å². The third-order valence-corrected chi connectivity index (χ3v) is 7.87. The Morgan fingerprint density at radius 3 is 2.18 bits per heavy atom. The second kappa shape index (κ2) is 21.0. The lowest BCUT2D eigenvalue weighted by atomic mass is 10.0. The highest BCUT2D eigenvalue weighted by Gasteiger charge is 2.31. The van der Waals surface area contributed by atoms with Crippen molar-refractivity contribution < 1.29 is 46.8 Å². The highest BCUT2D eigenvalue weighted by Crippen LogP contribution is 2.23. The summed E-state index contributed by atoms with van der Waals surface area (Å²) in [4.78, 5) is 47.8. The lowest BCUT2D eigenvalue weighted by Crippen LogP contribution is -2.55. The van der Waals surface area contributed by atoms with Crippen molar-refractivity contribution in [2.75, 3.05) is 46.9 Å². The number of methoxy groups -OCH3 is 2. The van der Waals surface area contributed by atoms with E-state index in [4.69, 9.17) is 23.7 Å². The normalized spacial score (nSPS) is 14.4. The van der Waals surface area contributed by atoms with E-state index in [9.17, 15) is 23.2 Å². The maximum Gasteiger partial charge on any atom is 0.414 e. The largest absolute Gasteiger partial charge is 0.479 e. The van der Waals surface area contributed by atoms with Gasteiger partial charge in [0.25, 0.3) is 5.88 Å². The zero-order valence-corrected chi connectivity index (χ0v) is 33.6. The zero-order valence-electron chi connectivity index (χ0n) is 33.6. The van der Waals surface area contributed by atoms with E-state index >= 15 is 0 Å². The predicted octanol–water partition coefficient (Wildman–Crippen LogP) is 6.73. The second-order valence-corrected chi connectivity index (χ2v) is 14.7. The Hall–Kier alpha value is -5.51. The molecule has 14 nitrogen and oxygen atoms in total. The maximum atomic E-state index is 14.5. The number of rotatable bonds is 11. The minimum Gasteiger partial charge on any atom is -0.479 e. The molecule has 16 heteroatoms. The van der Waals surface area contributed by atoms with Gasteiger partial charge in [-0.1, -0.05) is 30.3 Å². The van der Waals surface area contributed by atoms with Gasteiger partial charge in [0.15, 0.2) is 11.6 Å². The van der Waals surface area contributed by atoms with Gasteiger partial charge in [0.2, 0.25) is 5.88 Å². The number of allylic oxidation sites excluding steroid dienone is 1. The van der Waals surface area contributed by atoms with Crippen molar-refractivity contribution in [1.82, 2.24) is 30.4 Å². The van der Waals surface area contributed by atoms with Crippen molar-refractivity contribution in [3.05, 3.63) is 88.9 Å². The number of pyridine rings is 2. The number of hydrogen-bond acceptors (Lipinski definition) is 11. The van der Waals surface area contributed by atoms with E-state index in [1.807, 2.05) is 51.1 Å². The lowest BCUT2D eigenvalue weighted by Gasteiger charge is -2.37. The van der Waals surface area contributed by atoms with E-state index < -0.39 is 35.0 Å². The second-order valence-electron chi connectivity index (χ2n) is 14.7. The quantitative estimate of drug-likeness (QED) is 0.199. The van der Waals surface area contributed by atoms with Gasteiger partial charge >= 0.3 is 18.3 Å². The summed E-state index contributed by atoms with van der Waals surface area (Å²) < 4.78 is 54.7. The van der Waals surface area contributed by atoms with Crippen molar-refractivity contribution in [2.24, 2.45) is 0 Å². The predicted molar refractivity (Wildman–Crippen MR) is 206 cm³/mol. The van der Waals surface area contributed by atoms with Crippen LogP contribution in [0.2, 0.25) is 0 Å². The average Bonchev–Trinajstić information content (AvgIpc) is 3.13. The van der Waals surface area contributed by atoms with E-state index in [2.05, 4.69) is 20.6 Å². The number of aromatic nitrogens is 2. The minimum absolute atomic E-state index is 0.0323. The first-order valence-electron chi connectivity index (χ1n) is 18.1. The molecular weight excluding hydrogens is 730 g/mol. The van der Waals surface area contributed by atoms with Crippen molar-refractivity contribution in [3.63, 3.8) is 0 Å². The van der Waals surface area contributed by atoms with Crippen LogP contribution in [0.5, 0.6) is 11.8 Å². The van der Waals surface area contributed by atoms with Crippen molar-refractivity contribution in [2.45, 2.75) is 78.7 Å². The number of nitrogens with zero attached hydrogens (tertiary/aromatic N) is 4. The molecule has 3 amide bonds. The first-order chi connectivity index (χ1) is 26.4. The van der Waals surface area contributed by atoms with Crippen molar-refractivity contribution in [3.8, 4) is 11.8 Å². The zero-order chi connectivity index (χ0) is 41.5. The Morgan fingerprint density at radius 1 is 0.929 bits per heavy atom. The van der Waals surface area contributed by atoms with E-state index in [0.717, 1.165) is 5.56 Å². The van der Waals surface area contributed by atoms with Gasteiger partial charge < -0.3 is 39.2 Å². The number of hydrogen-bond donors (Lipinski definition) is 2. The molecule has 306 valence electrons. The molecule has 1 atom stereocenters. The molecular formula is C40H54F2N6O8. The number of benzene rings is 1. The van der Waals surface area contributed by atoms with Gasteiger partial charge in [-0.2, -0.15) is 0 Å². The van der Waals surface area contributed by atoms with Crippen LogP contribution in [0.1, 0.15) is 65.2 Å². The van der Waals surface area contributed by atoms with Gasteiger partial charge in [0.1, 0.15) is 17.8 Å². The summed E-state index contributed by atoms with van der Waals surface area (Å²) in [5.74, 6) is -1.31. The number of carbonyl (C=O) groups is 3. The highest BCUT2D eigenvalue weighted by atomic mass is 19.1. The molecule has 3 aromatic rings. The number of carbonyl (C=O) groups excluding carboxylic acids is 3. The Kier molecular flexibility index (Phi) is 16.8. The summed E-state index contributed by atoms with van der Waals surface area (Å²) in [6, 6.07) is 12.2. The molecule has 2 N–H and O–H groups in total. The molecule has 1 aliphatic rings. The molecule has 1 aliphatic heterocycles. The summed E-state index contributed by atoms with van der Waals surface area (Å²) in [5.41, 5.74) is 0.648. The molecule has 0 saturated carbocycles. The third-order valence-electron chi connectivity index (χ3n) is 7.87. The van der Waals surface area contributed by atoms with E-state index in [-0.39, 0.29) is 49.2 Å². The summed E-state index contributed by atoms with van der Waals surface area (Å²) in [5, 5.41) is 5.84. The van der Waals surface area contributed by atoms with Crippen LogP contribution in [-0.4, -0.2) is 102 Å². The fourth-order valence-corrected chi connectivity index (χ4v) is 5.29. The molecule has 4 rings (SSSR count). The molecule has 1 fully saturated rings. The molecule has 0 aliphatic carbocycles. The molecule has 1 aromatic carbocycles. The monoisotopic (exact) mass is 784 g/mol. The average molecular weight is 785 g/mol. The topological polar surface area (TPSA) is 154 Å². The molecule has 0 radical (unpaired) electrons. The number of alkyl carbamates (subject to hydrolysis) is 1. The smallest absolute Gasteiger partial charge is 0.414 e. The van der Waals surface area contributed by atoms with Gasteiger partial charge in [-0.3, -0.25) is 4.90 Å². The molecule has 1 saturated heterocycles. The van der Waals surface area contributed by atoms with Crippen molar-refractivity contribution >= 4 is 24.4 Å². The fraction of sp³-hybridized carbons (Fsp3) is 0.475. The van der Waals surface area contributed by atoms with Crippen molar-refractivity contribution in [1.29, 1.82) is 0 Å². The maximum absolute atomic E-state index is 14.5. The summed E-state index contributed by atoms with van der Waals surface area (Å²) in [6.07, 6.45) is 3.15. The van der Waals surface area contributed by atoms with Crippen LogP contribution in [0, 0.1) is 11.6 Å². The first kappa shape index (κ1) is 44.9. The molecule has 56 heavy (non-hydrogen) atoms. The molecule has 0 spiro atoms. The summed E-state index contributed by atoms with van der Waals surface area (Å²) in [7, 11) is 2.70. The van der Waals surface area contributed by atoms with Crippen LogP contribution >= 0.6 is 0 Å². The van der Waals surface area contributed by atoms with Gasteiger partial charge in [0.05, 0.1) is 20.3 Å². The fourth-order valence-electron chi connectivity index (χ4n) is 5.29. The van der Waals surface area contributed by atoms with E-state index in [1.165, 1.54) is 43.7 Å². The van der Waals surface area contributed by atoms with E-state index in [1.54, 1.807) is 38.7 Å². The lowest BCUT2D eigenvalue weighted by molar-refractivity contribution is 0.0120. The van der Waals surface area contributed by atoms with Crippen LogP contribution in [-0.2, 0) is 27.2 Å². The highest BCUT2D eigenvalue weighted by molar-refractivity contribution is 5.73. The SMILES string of the molecule is COc1nccc(/C=C(/C)N(CCNC(=O)OCc2ccccc2)C(=O)OC(C)(C)C)c1F.COc1nccc(CC2CNCCN2C(=O)OC(C)(C)C)c1F. The Morgan fingerprint density at radius 2 is 1.55 bits per heavy atom. The Balaban J connectivity index is 0.000000320. The standard InChI is InChI=1S/C24H30FN3O5.C16H24FN3O3/c1-17(15-19-11-12-26-21(31-5)20(19)25)28(23(30)33-24(2,3)4)14-13-27-22(29)32-16-18-9-7-6-8-10-18;1-16(2,3)23-15(21)20-8-7-18-10-12(20)9-11-5-6-19-14(22-4)13(11)17/h6-12,15H,13-14,16H2,1-5H3,(H,27,29);5-6,12,18H,7-10H2,1-4H3/b17-15-;. The van der Waals surface area contributed by atoms with Crippen LogP contribution in [0.3, 0.4) is 0 Å². The van der Waals surface area contributed by atoms with Gasteiger partial charge in [-0.05, 0) is 84.2 Å². The number of halogens is 2. The minimum atomic E-state index is -0.733. The summed E-state index contributed by atoms with van der Waals surface area (Å²) >= 11 is 0. The first-order valence-corrected chi connectivity index (χ1v) is 18.1. The molecule has 0 bridgehead atoms. The van der Waals surface area contributed by atoms with E-state index in [0.29, 0.717) is 37.3 Å². The molecule has 3 heterocycles. The van der Waals surface area contributed by atoms with Crippen LogP contribution in [0.25, 0.3) is 6.08 Å².